The summed E-state index contributed by atoms with van der Waals surface area (Å²) in [5.74, 6) is -1.13. The molecule has 1 amide bonds. The Hall–Kier alpha value is -2.87. The molecule has 2 rings (SSSR count). The van der Waals surface area contributed by atoms with Crippen molar-refractivity contribution in [2.24, 2.45) is 0 Å². The van der Waals surface area contributed by atoms with Crippen LogP contribution >= 0.6 is 0 Å². The van der Waals surface area contributed by atoms with Gasteiger partial charge in [-0.2, -0.15) is 0 Å². The summed E-state index contributed by atoms with van der Waals surface area (Å²) in [5, 5.41) is 2.63. The number of carbonyl (C=O) groups is 2. The third kappa shape index (κ3) is 5.07. The highest BCUT2D eigenvalue weighted by Crippen LogP contribution is 2.22. The summed E-state index contributed by atoms with van der Waals surface area (Å²) < 4.78 is 30.5. The predicted octanol–water partition coefficient (Wildman–Crippen LogP) is 2.66. The number of nitrogens with zero attached hydrogens (tertiary/aromatic N) is 1. The molecule has 144 valence electrons. The van der Waals surface area contributed by atoms with E-state index in [0.717, 1.165) is 10.6 Å². The normalized spacial score (nSPS) is 12.1. The topological polar surface area (TPSA) is 92.8 Å². The van der Waals surface area contributed by atoms with Crippen molar-refractivity contribution >= 4 is 33.3 Å². The van der Waals surface area contributed by atoms with E-state index in [1.54, 1.807) is 55.5 Å². The SMILES string of the molecule is CCOC(=O)c1ccccc1NC(=O)C(C)N(c1ccccc1)S(C)(=O)=O. The monoisotopic (exact) mass is 390 g/mol. The summed E-state index contributed by atoms with van der Waals surface area (Å²) in [5.41, 5.74) is 0.834. The van der Waals surface area contributed by atoms with Crippen LogP contribution in [0.3, 0.4) is 0 Å². The Morgan fingerprint density at radius 3 is 2.26 bits per heavy atom. The first-order valence-corrected chi connectivity index (χ1v) is 10.2. The molecule has 0 aromatic heterocycles. The van der Waals surface area contributed by atoms with Crippen LogP contribution in [0.2, 0.25) is 0 Å². The van der Waals surface area contributed by atoms with Crippen LogP contribution in [0.25, 0.3) is 0 Å². The van der Waals surface area contributed by atoms with Crippen molar-refractivity contribution in [3.05, 3.63) is 60.2 Å². The number of para-hydroxylation sites is 2. The summed E-state index contributed by atoms with van der Waals surface area (Å²) in [4.78, 5) is 24.8. The molecule has 27 heavy (non-hydrogen) atoms. The Morgan fingerprint density at radius 1 is 1.07 bits per heavy atom. The third-order valence-electron chi connectivity index (χ3n) is 3.78. The quantitative estimate of drug-likeness (QED) is 0.734. The first-order valence-electron chi connectivity index (χ1n) is 8.37. The minimum absolute atomic E-state index is 0.200. The van der Waals surface area contributed by atoms with Crippen molar-refractivity contribution in [3.8, 4) is 0 Å². The molecule has 1 atom stereocenters. The first-order chi connectivity index (χ1) is 12.8. The third-order valence-corrected chi connectivity index (χ3v) is 5.02. The Bertz CT molecular complexity index is 913. The number of carbonyl (C=O) groups excluding carboxylic acids is 2. The lowest BCUT2D eigenvalue weighted by Crippen LogP contribution is -2.45. The number of hydrogen-bond acceptors (Lipinski definition) is 5. The number of amides is 1. The van der Waals surface area contributed by atoms with Crippen LogP contribution in [-0.4, -0.2) is 39.2 Å². The van der Waals surface area contributed by atoms with E-state index in [1.807, 2.05) is 0 Å². The Balaban J connectivity index is 2.31. The molecule has 0 aliphatic rings. The number of ether oxygens (including phenoxy) is 1. The molecule has 1 N–H and O–H groups in total. The Kier molecular flexibility index (Phi) is 6.57. The summed E-state index contributed by atoms with van der Waals surface area (Å²) in [6.07, 6.45) is 1.04. The second-order valence-electron chi connectivity index (χ2n) is 5.83. The number of nitrogens with one attached hydrogen (secondary N) is 1. The molecule has 0 fully saturated rings. The van der Waals surface area contributed by atoms with Gasteiger partial charge in [0.15, 0.2) is 0 Å². The van der Waals surface area contributed by atoms with E-state index in [2.05, 4.69) is 5.32 Å². The lowest BCUT2D eigenvalue weighted by Gasteiger charge is -2.28. The standard InChI is InChI=1S/C19H22N2O5S/c1-4-26-19(23)16-12-8-9-13-17(16)20-18(22)14(2)21(27(3,24)25)15-10-6-5-7-11-15/h5-14H,4H2,1-3H3,(H,20,22). The van der Waals surface area contributed by atoms with Gasteiger partial charge in [0.1, 0.15) is 6.04 Å². The fourth-order valence-electron chi connectivity index (χ4n) is 2.60. The van der Waals surface area contributed by atoms with Gasteiger partial charge in [0, 0.05) is 0 Å². The molecule has 2 aromatic carbocycles. The highest BCUT2D eigenvalue weighted by molar-refractivity contribution is 7.92. The van der Waals surface area contributed by atoms with Crippen LogP contribution in [-0.2, 0) is 19.6 Å². The summed E-state index contributed by atoms with van der Waals surface area (Å²) in [6, 6.07) is 13.7. The molecule has 2 aromatic rings. The van der Waals surface area contributed by atoms with Crippen molar-refractivity contribution in [1.82, 2.24) is 0 Å². The second kappa shape index (κ2) is 8.68. The molecular weight excluding hydrogens is 368 g/mol. The predicted molar refractivity (Wildman–Crippen MR) is 104 cm³/mol. The van der Waals surface area contributed by atoms with E-state index < -0.39 is 27.9 Å². The lowest BCUT2D eigenvalue weighted by atomic mass is 10.1. The van der Waals surface area contributed by atoms with Gasteiger partial charge in [-0.3, -0.25) is 9.10 Å². The molecule has 0 saturated heterocycles. The zero-order valence-corrected chi connectivity index (χ0v) is 16.2. The van der Waals surface area contributed by atoms with Gasteiger partial charge in [-0.25, -0.2) is 13.2 Å². The first kappa shape index (κ1) is 20.4. The Labute approximate surface area is 159 Å². The van der Waals surface area contributed by atoms with Gasteiger partial charge in [0.2, 0.25) is 15.9 Å². The van der Waals surface area contributed by atoms with E-state index in [4.69, 9.17) is 4.74 Å². The van der Waals surface area contributed by atoms with Crippen molar-refractivity contribution in [2.75, 3.05) is 22.5 Å². The van der Waals surface area contributed by atoms with E-state index in [-0.39, 0.29) is 17.9 Å². The maximum absolute atomic E-state index is 12.7. The van der Waals surface area contributed by atoms with Gasteiger partial charge >= 0.3 is 5.97 Å². The summed E-state index contributed by atoms with van der Waals surface area (Å²) in [6.45, 7) is 3.37. The molecule has 7 nitrogen and oxygen atoms in total. The number of benzene rings is 2. The fourth-order valence-corrected chi connectivity index (χ4v) is 3.77. The second-order valence-corrected chi connectivity index (χ2v) is 7.69. The zero-order valence-electron chi connectivity index (χ0n) is 15.4. The molecular formula is C19H22N2O5S. The van der Waals surface area contributed by atoms with Crippen LogP contribution in [0.1, 0.15) is 24.2 Å². The minimum atomic E-state index is -3.71. The van der Waals surface area contributed by atoms with Gasteiger partial charge in [0.25, 0.3) is 0 Å². The van der Waals surface area contributed by atoms with Gasteiger partial charge < -0.3 is 10.1 Å². The zero-order chi connectivity index (χ0) is 20.0. The summed E-state index contributed by atoms with van der Waals surface area (Å²) >= 11 is 0. The van der Waals surface area contributed by atoms with E-state index in [1.165, 1.54) is 13.0 Å². The maximum Gasteiger partial charge on any atom is 0.340 e. The minimum Gasteiger partial charge on any atom is -0.462 e. The van der Waals surface area contributed by atoms with E-state index >= 15 is 0 Å². The molecule has 0 spiro atoms. The lowest BCUT2D eigenvalue weighted by molar-refractivity contribution is -0.116. The van der Waals surface area contributed by atoms with Crippen LogP contribution in [0, 0.1) is 0 Å². The van der Waals surface area contributed by atoms with Crippen LogP contribution in [0.15, 0.2) is 54.6 Å². The molecule has 0 radical (unpaired) electrons. The number of anilines is 2. The van der Waals surface area contributed by atoms with Crippen molar-refractivity contribution in [3.63, 3.8) is 0 Å². The molecule has 0 saturated carbocycles. The largest absolute Gasteiger partial charge is 0.462 e. The number of esters is 1. The summed E-state index contributed by atoms with van der Waals surface area (Å²) in [7, 11) is -3.71. The highest BCUT2D eigenvalue weighted by atomic mass is 32.2. The Morgan fingerprint density at radius 2 is 1.67 bits per heavy atom. The van der Waals surface area contributed by atoms with Crippen LogP contribution < -0.4 is 9.62 Å². The fraction of sp³-hybridized carbons (Fsp3) is 0.263. The average Bonchev–Trinajstić information content (AvgIpc) is 2.62. The average molecular weight is 390 g/mol. The van der Waals surface area contributed by atoms with Crippen LogP contribution in [0.5, 0.6) is 0 Å². The van der Waals surface area contributed by atoms with E-state index in [0.29, 0.717) is 5.69 Å². The molecule has 0 bridgehead atoms. The smallest absolute Gasteiger partial charge is 0.340 e. The van der Waals surface area contributed by atoms with Gasteiger partial charge in [-0.1, -0.05) is 30.3 Å². The number of sulfonamides is 1. The molecule has 0 aliphatic heterocycles. The highest BCUT2D eigenvalue weighted by Gasteiger charge is 2.29. The van der Waals surface area contributed by atoms with Crippen LogP contribution in [0.4, 0.5) is 11.4 Å². The number of rotatable bonds is 7. The van der Waals surface area contributed by atoms with Gasteiger partial charge in [-0.15, -0.1) is 0 Å². The molecule has 1 unspecified atom stereocenters. The van der Waals surface area contributed by atoms with Gasteiger partial charge in [-0.05, 0) is 38.1 Å². The van der Waals surface area contributed by atoms with Crippen molar-refractivity contribution in [2.45, 2.75) is 19.9 Å². The van der Waals surface area contributed by atoms with Crippen molar-refractivity contribution in [1.29, 1.82) is 0 Å². The number of hydrogen-bond donors (Lipinski definition) is 1. The van der Waals surface area contributed by atoms with Crippen molar-refractivity contribution < 1.29 is 22.7 Å². The van der Waals surface area contributed by atoms with E-state index in [9.17, 15) is 18.0 Å². The maximum atomic E-state index is 12.7. The molecule has 8 heteroatoms. The molecule has 0 heterocycles. The van der Waals surface area contributed by atoms with Gasteiger partial charge in [0.05, 0.1) is 29.8 Å². The molecule has 0 aliphatic carbocycles.